The highest BCUT2D eigenvalue weighted by Crippen LogP contribution is 3.02. The molecule has 8 heteroatoms. The minimum Gasteiger partial charge on any atom is -0.497 e. The quantitative estimate of drug-likeness (QED) is 0.707. The van der Waals surface area contributed by atoms with Gasteiger partial charge in [0, 0.05) is 24.0 Å². The molecule has 0 atom stereocenters. The standard InChI is InChI=1S/C12H10F5NOS/c1-19-11-5-10(9-3-2-4-18-8-9)6-12(7-11)20(13,14,15,16)17/h2-8H,1H3. The molecular formula is C12H10F5NOS. The molecular weight excluding hydrogens is 301 g/mol. The fourth-order valence-corrected chi connectivity index (χ4v) is 2.30. The van der Waals surface area contributed by atoms with Crippen molar-refractivity contribution >= 4 is 10.2 Å². The van der Waals surface area contributed by atoms with E-state index in [1.165, 1.54) is 30.6 Å². The van der Waals surface area contributed by atoms with Gasteiger partial charge in [-0.3, -0.25) is 4.98 Å². The van der Waals surface area contributed by atoms with Gasteiger partial charge in [-0.15, -0.1) is 0 Å². The normalized spacial score (nSPS) is 15.3. The second kappa shape index (κ2) is 3.85. The number of pyridine rings is 1. The van der Waals surface area contributed by atoms with Crippen molar-refractivity contribution in [3.05, 3.63) is 42.7 Å². The van der Waals surface area contributed by atoms with Crippen molar-refractivity contribution in [2.45, 2.75) is 4.90 Å². The minimum atomic E-state index is -9.76. The molecule has 0 bridgehead atoms. The van der Waals surface area contributed by atoms with Crippen molar-refractivity contribution in [1.82, 2.24) is 4.98 Å². The van der Waals surface area contributed by atoms with Crippen LogP contribution in [0, 0.1) is 0 Å². The van der Waals surface area contributed by atoms with Crippen LogP contribution in [0.2, 0.25) is 0 Å². The van der Waals surface area contributed by atoms with Gasteiger partial charge in [0.1, 0.15) is 10.6 Å². The molecule has 2 rings (SSSR count). The summed E-state index contributed by atoms with van der Waals surface area (Å²) in [4.78, 5) is 1.76. The SMILES string of the molecule is COc1cc(-c2cccnc2)cc(S(F)(F)(F)(F)F)c1. The van der Waals surface area contributed by atoms with Gasteiger partial charge in [0.05, 0.1) is 7.11 Å². The number of rotatable bonds is 3. The molecule has 1 heterocycles. The third kappa shape index (κ3) is 3.19. The Bertz CT molecular complexity index is 642. The zero-order chi connectivity index (χ0) is 15.1. The van der Waals surface area contributed by atoms with Crippen molar-refractivity contribution in [3.8, 4) is 16.9 Å². The number of methoxy groups -OCH3 is 1. The molecule has 0 radical (unpaired) electrons. The highest BCUT2D eigenvalue weighted by molar-refractivity contribution is 8.45. The van der Waals surface area contributed by atoms with Crippen LogP contribution in [-0.4, -0.2) is 12.1 Å². The highest BCUT2D eigenvalue weighted by atomic mass is 32.5. The van der Waals surface area contributed by atoms with Crippen molar-refractivity contribution in [2.75, 3.05) is 7.11 Å². The van der Waals surface area contributed by atoms with Gasteiger partial charge in [-0.05, 0) is 23.8 Å². The van der Waals surface area contributed by atoms with Crippen LogP contribution in [0.25, 0.3) is 11.1 Å². The first-order chi connectivity index (χ1) is 8.99. The van der Waals surface area contributed by atoms with Gasteiger partial charge in [0.25, 0.3) is 0 Å². The summed E-state index contributed by atoms with van der Waals surface area (Å²) in [6, 6.07) is 4.90. The second-order valence-corrected chi connectivity index (χ2v) is 6.52. The molecule has 0 aliphatic carbocycles. The van der Waals surface area contributed by atoms with Crippen LogP contribution < -0.4 is 4.74 Å². The van der Waals surface area contributed by atoms with Crippen LogP contribution in [0.15, 0.2) is 47.6 Å². The number of benzene rings is 1. The van der Waals surface area contributed by atoms with E-state index in [1.807, 2.05) is 0 Å². The van der Waals surface area contributed by atoms with E-state index in [0.29, 0.717) is 12.1 Å². The maximum absolute atomic E-state index is 12.9. The molecule has 110 valence electrons. The molecule has 2 nitrogen and oxygen atoms in total. The maximum atomic E-state index is 12.9. The van der Waals surface area contributed by atoms with Crippen molar-refractivity contribution in [3.63, 3.8) is 0 Å². The zero-order valence-corrected chi connectivity index (χ0v) is 11.0. The molecule has 1 aromatic heterocycles. The highest BCUT2D eigenvalue weighted by Gasteiger charge is 2.65. The maximum Gasteiger partial charge on any atom is 0.310 e. The lowest BCUT2D eigenvalue weighted by Crippen LogP contribution is -2.06. The molecule has 20 heavy (non-hydrogen) atoms. The van der Waals surface area contributed by atoms with E-state index in [0.717, 1.165) is 7.11 Å². The number of aromatic nitrogens is 1. The van der Waals surface area contributed by atoms with Crippen molar-refractivity contribution < 1.29 is 24.2 Å². The summed E-state index contributed by atoms with van der Waals surface area (Å²) < 4.78 is 69.1. The number of hydrogen-bond donors (Lipinski definition) is 0. The first-order valence-electron chi connectivity index (χ1n) is 5.33. The van der Waals surface area contributed by atoms with E-state index >= 15 is 0 Å². The summed E-state index contributed by atoms with van der Waals surface area (Å²) in [6.45, 7) is 0. The molecule has 0 saturated carbocycles. The molecule has 0 spiro atoms. The van der Waals surface area contributed by atoms with Gasteiger partial charge in [-0.1, -0.05) is 25.5 Å². The Kier molecular flexibility index (Phi) is 2.80. The Morgan fingerprint density at radius 1 is 1.00 bits per heavy atom. The van der Waals surface area contributed by atoms with Crippen molar-refractivity contribution in [2.24, 2.45) is 0 Å². The van der Waals surface area contributed by atoms with Crippen LogP contribution in [0.1, 0.15) is 0 Å². The number of hydrogen-bond acceptors (Lipinski definition) is 2. The van der Waals surface area contributed by atoms with Gasteiger partial charge in [-0.2, -0.15) is 0 Å². The lowest BCUT2D eigenvalue weighted by molar-refractivity contribution is 0.361. The van der Waals surface area contributed by atoms with Crippen LogP contribution in [0.3, 0.4) is 0 Å². The first-order valence-corrected chi connectivity index (χ1v) is 7.28. The molecule has 0 saturated heterocycles. The van der Waals surface area contributed by atoms with E-state index in [4.69, 9.17) is 0 Å². The molecule has 0 aliphatic heterocycles. The average Bonchev–Trinajstić information content (AvgIpc) is 2.36. The van der Waals surface area contributed by atoms with Crippen LogP contribution >= 0.6 is 10.2 Å². The molecule has 0 amide bonds. The first kappa shape index (κ1) is 14.6. The van der Waals surface area contributed by atoms with Gasteiger partial charge in [0.2, 0.25) is 0 Å². The smallest absolute Gasteiger partial charge is 0.310 e. The summed E-state index contributed by atoms with van der Waals surface area (Å²) in [5.41, 5.74) is 0.246. The van der Waals surface area contributed by atoms with Gasteiger partial charge in [0.15, 0.2) is 0 Å². The van der Waals surface area contributed by atoms with Crippen LogP contribution in [0.5, 0.6) is 5.75 Å². The number of nitrogens with zero attached hydrogens (tertiary/aromatic N) is 1. The van der Waals surface area contributed by atoms with E-state index < -0.39 is 15.1 Å². The monoisotopic (exact) mass is 311 g/mol. The largest absolute Gasteiger partial charge is 0.497 e. The predicted molar refractivity (Wildman–Crippen MR) is 67.6 cm³/mol. The Hall–Kier alpha value is -1.83. The van der Waals surface area contributed by atoms with Gasteiger partial charge < -0.3 is 4.74 Å². The summed E-state index contributed by atoms with van der Waals surface area (Å²) in [5.74, 6) is -0.297. The Morgan fingerprint density at radius 2 is 1.70 bits per heavy atom. The average molecular weight is 311 g/mol. The van der Waals surface area contributed by atoms with Gasteiger partial charge in [-0.25, -0.2) is 0 Å². The summed E-state index contributed by atoms with van der Waals surface area (Å²) in [6.07, 6.45) is 2.71. The number of ether oxygens (including phenoxy) is 1. The topological polar surface area (TPSA) is 22.1 Å². The molecule has 0 N–H and O–H groups in total. The summed E-state index contributed by atoms with van der Waals surface area (Å²) in [5, 5.41) is 0. The molecule has 0 aliphatic rings. The molecule has 0 fully saturated rings. The minimum absolute atomic E-state index is 0.0410. The van der Waals surface area contributed by atoms with Crippen LogP contribution in [0.4, 0.5) is 19.4 Å². The lowest BCUT2D eigenvalue weighted by atomic mass is 10.1. The van der Waals surface area contributed by atoms with E-state index in [-0.39, 0.29) is 16.9 Å². The fourth-order valence-electron chi connectivity index (χ4n) is 1.61. The zero-order valence-electron chi connectivity index (χ0n) is 10.2. The molecule has 0 unspecified atom stereocenters. The Balaban J connectivity index is 2.69. The second-order valence-electron chi connectivity index (χ2n) is 4.11. The third-order valence-electron chi connectivity index (χ3n) is 2.56. The Morgan fingerprint density at radius 3 is 2.20 bits per heavy atom. The van der Waals surface area contributed by atoms with Crippen molar-refractivity contribution in [1.29, 1.82) is 0 Å². The number of halogens is 5. The Labute approximate surface area is 111 Å². The fraction of sp³-hybridized carbons (Fsp3) is 0.0833. The van der Waals surface area contributed by atoms with Crippen LogP contribution in [-0.2, 0) is 0 Å². The molecule has 1 aromatic carbocycles. The van der Waals surface area contributed by atoms with E-state index in [2.05, 4.69) is 9.72 Å². The van der Waals surface area contributed by atoms with E-state index in [1.54, 1.807) is 0 Å². The van der Waals surface area contributed by atoms with Gasteiger partial charge >= 0.3 is 10.2 Å². The summed E-state index contributed by atoms with van der Waals surface area (Å²) in [7, 11) is -8.65. The summed E-state index contributed by atoms with van der Waals surface area (Å²) >= 11 is 0. The predicted octanol–water partition coefficient (Wildman–Crippen LogP) is 5.41. The molecule has 2 aromatic rings. The lowest BCUT2D eigenvalue weighted by Gasteiger charge is -2.40. The third-order valence-corrected chi connectivity index (χ3v) is 3.68. The van der Waals surface area contributed by atoms with E-state index in [9.17, 15) is 19.4 Å².